The predicted octanol–water partition coefficient (Wildman–Crippen LogP) is 5.05. The van der Waals surface area contributed by atoms with Crippen molar-refractivity contribution in [1.29, 1.82) is 10.5 Å². The SMILES string of the molecule is COc1ccc(-c2c(C#N)cc(I)nc2-c2ccc(C#N)c(F)c2)cc1F. The second-order valence-corrected chi connectivity index (χ2v) is 6.59. The van der Waals surface area contributed by atoms with Gasteiger partial charge < -0.3 is 4.74 Å². The Balaban J connectivity index is 2.31. The van der Waals surface area contributed by atoms with Gasteiger partial charge in [-0.15, -0.1) is 0 Å². The molecule has 0 atom stereocenters. The third kappa shape index (κ3) is 3.60. The molecule has 0 aliphatic heterocycles. The number of nitriles is 2. The van der Waals surface area contributed by atoms with Gasteiger partial charge in [0.2, 0.25) is 0 Å². The normalized spacial score (nSPS) is 10.1. The summed E-state index contributed by atoms with van der Waals surface area (Å²) in [5.74, 6) is -1.21. The number of hydrogen-bond donors (Lipinski definition) is 0. The van der Waals surface area contributed by atoms with Crippen LogP contribution in [0.3, 0.4) is 0 Å². The fraction of sp³-hybridized carbons (Fsp3) is 0.0500. The standard InChI is InChI=1S/C20H10F2IN3O/c1-27-17-5-4-11(6-16(17)22)19-14(10-25)8-18(23)26-20(19)12-2-3-13(9-24)15(21)7-12/h2-8H,1H3. The van der Waals surface area contributed by atoms with Crippen molar-refractivity contribution >= 4 is 22.6 Å². The molecule has 4 nitrogen and oxygen atoms in total. The molecule has 3 rings (SSSR count). The van der Waals surface area contributed by atoms with E-state index in [9.17, 15) is 14.0 Å². The van der Waals surface area contributed by atoms with Crippen LogP contribution in [0.25, 0.3) is 22.4 Å². The first-order chi connectivity index (χ1) is 13.0. The maximum atomic E-state index is 14.2. The maximum absolute atomic E-state index is 14.2. The van der Waals surface area contributed by atoms with E-state index in [0.29, 0.717) is 26.1 Å². The molecule has 0 amide bonds. The number of rotatable bonds is 3. The highest BCUT2D eigenvalue weighted by Crippen LogP contribution is 2.36. The lowest BCUT2D eigenvalue weighted by atomic mass is 9.94. The van der Waals surface area contributed by atoms with Crippen LogP contribution in [0.4, 0.5) is 8.78 Å². The molecule has 0 saturated heterocycles. The number of ether oxygens (including phenoxy) is 1. The van der Waals surface area contributed by atoms with Crippen LogP contribution in [0.2, 0.25) is 0 Å². The number of methoxy groups -OCH3 is 1. The smallest absolute Gasteiger partial charge is 0.165 e. The van der Waals surface area contributed by atoms with Crippen LogP contribution < -0.4 is 4.74 Å². The highest BCUT2D eigenvalue weighted by atomic mass is 127. The molecule has 0 spiro atoms. The number of nitrogens with zero attached hydrogens (tertiary/aromatic N) is 3. The van der Waals surface area contributed by atoms with E-state index in [-0.39, 0.29) is 16.9 Å². The summed E-state index contributed by atoms with van der Waals surface area (Å²) in [5, 5.41) is 18.5. The number of benzene rings is 2. The lowest BCUT2D eigenvalue weighted by Crippen LogP contribution is -1.98. The fourth-order valence-electron chi connectivity index (χ4n) is 2.68. The van der Waals surface area contributed by atoms with Crippen LogP contribution in [0.15, 0.2) is 42.5 Å². The molecule has 132 valence electrons. The van der Waals surface area contributed by atoms with Crippen molar-refractivity contribution in [1.82, 2.24) is 4.98 Å². The van der Waals surface area contributed by atoms with Crippen molar-refractivity contribution in [2.75, 3.05) is 7.11 Å². The molecule has 0 aliphatic rings. The van der Waals surface area contributed by atoms with Crippen LogP contribution in [0.1, 0.15) is 11.1 Å². The Morgan fingerprint density at radius 3 is 2.19 bits per heavy atom. The van der Waals surface area contributed by atoms with Crippen LogP contribution in [-0.2, 0) is 0 Å². The summed E-state index contributed by atoms with van der Waals surface area (Å²) in [6.45, 7) is 0. The molecule has 0 radical (unpaired) electrons. The van der Waals surface area contributed by atoms with E-state index in [0.717, 1.165) is 0 Å². The molecule has 0 aliphatic carbocycles. The van der Waals surface area contributed by atoms with E-state index < -0.39 is 11.6 Å². The van der Waals surface area contributed by atoms with Gasteiger partial charge in [0.15, 0.2) is 11.6 Å². The molecule has 2 aromatic carbocycles. The van der Waals surface area contributed by atoms with Gasteiger partial charge in [0.1, 0.15) is 15.6 Å². The summed E-state index contributed by atoms with van der Waals surface area (Å²) in [7, 11) is 1.36. The minimum absolute atomic E-state index is 0.0710. The zero-order valence-electron chi connectivity index (χ0n) is 13.9. The molecule has 0 N–H and O–H groups in total. The van der Waals surface area contributed by atoms with Crippen molar-refractivity contribution in [3.05, 3.63) is 68.9 Å². The first kappa shape index (κ1) is 18.7. The lowest BCUT2D eigenvalue weighted by molar-refractivity contribution is 0.386. The summed E-state index contributed by atoms with van der Waals surface area (Å²) < 4.78 is 33.8. The van der Waals surface area contributed by atoms with Gasteiger partial charge in [-0.3, -0.25) is 0 Å². The summed E-state index contributed by atoms with van der Waals surface area (Å²) in [4.78, 5) is 4.43. The largest absolute Gasteiger partial charge is 0.494 e. The van der Waals surface area contributed by atoms with Gasteiger partial charge in [0, 0.05) is 11.1 Å². The van der Waals surface area contributed by atoms with Gasteiger partial charge in [0.25, 0.3) is 0 Å². The topological polar surface area (TPSA) is 69.7 Å². The minimum atomic E-state index is -0.693. The molecule has 0 fully saturated rings. The summed E-state index contributed by atoms with van der Waals surface area (Å²) in [6.07, 6.45) is 0. The number of halogens is 3. The fourth-order valence-corrected chi connectivity index (χ4v) is 3.23. The highest BCUT2D eigenvalue weighted by Gasteiger charge is 2.18. The second kappa shape index (κ2) is 7.68. The van der Waals surface area contributed by atoms with Gasteiger partial charge in [0.05, 0.1) is 30.0 Å². The van der Waals surface area contributed by atoms with Gasteiger partial charge >= 0.3 is 0 Å². The second-order valence-electron chi connectivity index (χ2n) is 5.48. The predicted molar refractivity (Wildman–Crippen MR) is 104 cm³/mol. The van der Waals surface area contributed by atoms with Crippen molar-refractivity contribution in [3.63, 3.8) is 0 Å². The molecule has 27 heavy (non-hydrogen) atoms. The van der Waals surface area contributed by atoms with Gasteiger partial charge in [-0.05, 0) is 58.5 Å². The van der Waals surface area contributed by atoms with Gasteiger partial charge in [-0.1, -0.05) is 12.1 Å². The van der Waals surface area contributed by atoms with Crippen molar-refractivity contribution < 1.29 is 13.5 Å². The van der Waals surface area contributed by atoms with Crippen LogP contribution in [-0.4, -0.2) is 12.1 Å². The van der Waals surface area contributed by atoms with Crippen molar-refractivity contribution in [3.8, 4) is 40.3 Å². The number of aromatic nitrogens is 1. The van der Waals surface area contributed by atoms with Gasteiger partial charge in [-0.2, -0.15) is 10.5 Å². The Morgan fingerprint density at radius 2 is 1.59 bits per heavy atom. The number of pyridine rings is 1. The van der Waals surface area contributed by atoms with E-state index in [1.54, 1.807) is 24.3 Å². The maximum Gasteiger partial charge on any atom is 0.165 e. The first-order valence-corrected chi connectivity index (χ1v) is 8.71. The molecule has 1 heterocycles. The highest BCUT2D eigenvalue weighted by molar-refractivity contribution is 14.1. The average molecular weight is 473 g/mol. The Hall–Kier alpha value is -3.04. The molecular formula is C20H10F2IN3O. The first-order valence-electron chi connectivity index (χ1n) is 7.63. The molecule has 0 saturated carbocycles. The van der Waals surface area contributed by atoms with Crippen molar-refractivity contribution in [2.24, 2.45) is 0 Å². The Morgan fingerprint density at radius 1 is 0.926 bits per heavy atom. The molecule has 3 aromatic rings. The average Bonchev–Trinajstić information content (AvgIpc) is 2.67. The zero-order valence-corrected chi connectivity index (χ0v) is 16.1. The summed E-state index contributed by atoms with van der Waals surface area (Å²) >= 11 is 1.96. The molecular weight excluding hydrogens is 463 g/mol. The third-order valence-electron chi connectivity index (χ3n) is 3.91. The quantitative estimate of drug-likeness (QED) is 0.395. The monoisotopic (exact) mass is 473 g/mol. The van der Waals surface area contributed by atoms with Crippen LogP contribution in [0.5, 0.6) is 5.75 Å². The number of hydrogen-bond acceptors (Lipinski definition) is 4. The Bertz CT molecular complexity index is 1130. The Labute approximate surface area is 167 Å². The van der Waals surface area contributed by atoms with Crippen molar-refractivity contribution in [2.45, 2.75) is 0 Å². The zero-order chi connectivity index (χ0) is 19.6. The molecule has 0 bridgehead atoms. The minimum Gasteiger partial charge on any atom is -0.494 e. The lowest BCUT2D eigenvalue weighted by Gasteiger charge is -2.13. The van der Waals surface area contributed by atoms with Crippen LogP contribution in [0, 0.1) is 38.0 Å². The van der Waals surface area contributed by atoms with E-state index in [4.69, 9.17) is 10.00 Å². The molecule has 7 heteroatoms. The van der Waals surface area contributed by atoms with Gasteiger partial charge in [-0.25, -0.2) is 13.8 Å². The third-order valence-corrected chi connectivity index (χ3v) is 4.46. The van der Waals surface area contributed by atoms with Crippen LogP contribution >= 0.6 is 22.6 Å². The summed E-state index contributed by atoms with van der Waals surface area (Å²) in [6, 6.07) is 13.8. The van der Waals surface area contributed by atoms with E-state index in [1.165, 1.54) is 31.4 Å². The van der Waals surface area contributed by atoms with E-state index in [2.05, 4.69) is 11.1 Å². The summed E-state index contributed by atoms with van der Waals surface area (Å²) in [5.41, 5.74) is 1.68. The Kier molecular flexibility index (Phi) is 5.33. The molecule has 1 aromatic heterocycles. The van der Waals surface area contributed by atoms with E-state index >= 15 is 0 Å². The van der Waals surface area contributed by atoms with E-state index in [1.807, 2.05) is 22.6 Å². The molecule has 0 unspecified atom stereocenters.